The summed E-state index contributed by atoms with van der Waals surface area (Å²) in [5.41, 5.74) is 1.91. The van der Waals surface area contributed by atoms with Crippen molar-refractivity contribution in [1.29, 1.82) is 0 Å². The first kappa shape index (κ1) is 21.2. The quantitative estimate of drug-likeness (QED) is 0.555. The van der Waals surface area contributed by atoms with Crippen molar-refractivity contribution >= 4 is 17.7 Å². The Labute approximate surface area is 160 Å². The number of carbonyl (C=O) groups excluding carboxylic acids is 3. The molecule has 1 aliphatic heterocycles. The van der Waals surface area contributed by atoms with Crippen molar-refractivity contribution in [3.8, 4) is 0 Å². The number of hydrogen-bond donors (Lipinski definition) is 1. The van der Waals surface area contributed by atoms with Gasteiger partial charge in [-0.05, 0) is 39.2 Å². The third kappa shape index (κ3) is 4.97. The van der Waals surface area contributed by atoms with Crippen LogP contribution >= 0.6 is 0 Å². The summed E-state index contributed by atoms with van der Waals surface area (Å²) in [6.07, 6.45) is 1.84. The third-order valence-corrected chi connectivity index (χ3v) is 4.78. The number of ketones is 1. The number of aromatic amines is 1. The molecule has 0 aliphatic carbocycles. The van der Waals surface area contributed by atoms with E-state index in [-0.39, 0.29) is 36.9 Å². The SMILES string of the molecule is CCOC(=O)c1[nH]c(C)c(C(=O)CN(C[C@@H]2CCCO2)C(=O)C(C)C)c1C. The van der Waals surface area contributed by atoms with E-state index >= 15 is 0 Å². The lowest BCUT2D eigenvalue weighted by molar-refractivity contribution is -0.135. The molecule has 0 radical (unpaired) electrons. The highest BCUT2D eigenvalue weighted by molar-refractivity contribution is 6.04. The topological polar surface area (TPSA) is 88.7 Å². The molecule has 7 nitrogen and oxygen atoms in total. The fourth-order valence-corrected chi connectivity index (χ4v) is 3.46. The van der Waals surface area contributed by atoms with E-state index in [0.29, 0.717) is 35.7 Å². The van der Waals surface area contributed by atoms with Gasteiger partial charge in [-0.2, -0.15) is 0 Å². The molecule has 1 aromatic rings. The van der Waals surface area contributed by atoms with E-state index in [1.165, 1.54) is 0 Å². The largest absolute Gasteiger partial charge is 0.461 e. The average Bonchev–Trinajstić information content (AvgIpc) is 3.21. The number of carbonyl (C=O) groups is 3. The van der Waals surface area contributed by atoms with Crippen molar-refractivity contribution < 1.29 is 23.9 Å². The van der Waals surface area contributed by atoms with Gasteiger partial charge in [0.1, 0.15) is 5.69 Å². The normalized spacial score (nSPS) is 16.6. The number of nitrogens with zero attached hydrogens (tertiary/aromatic N) is 1. The molecule has 1 amide bonds. The Kier molecular flexibility index (Phi) is 7.18. The number of rotatable bonds is 8. The smallest absolute Gasteiger partial charge is 0.355 e. The van der Waals surface area contributed by atoms with Gasteiger partial charge < -0.3 is 19.4 Å². The number of Topliss-reactive ketones (excluding diaryl/α,β-unsaturated/α-hetero) is 1. The molecule has 1 fully saturated rings. The molecule has 0 saturated carbocycles. The number of hydrogen-bond acceptors (Lipinski definition) is 5. The number of esters is 1. The van der Waals surface area contributed by atoms with Crippen LogP contribution in [0.25, 0.3) is 0 Å². The Morgan fingerprint density at radius 2 is 2.00 bits per heavy atom. The Morgan fingerprint density at radius 3 is 2.56 bits per heavy atom. The molecular formula is C20H30N2O5. The summed E-state index contributed by atoms with van der Waals surface area (Å²) < 4.78 is 10.7. The van der Waals surface area contributed by atoms with Crippen molar-refractivity contribution in [2.75, 3.05) is 26.3 Å². The van der Waals surface area contributed by atoms with E-state index in [1.54, 1.807) is 25.7 Å². The van der Waals surface area contributed by atoms with E-state index < -0.39 is 5.97 Å². The van der Waals surface area contributed by atoms with Gasteiger partial charge >= 0.3 is 5.97 Å². The van der Waals surface area contributed by atoms with Gasteiger partial charge in [-0.15, -0.1) is 0 Å². The minimum Gasteiger partial charge on any atom is -0.461 e. The number of H-pyrrole nitrogens is 1. The van der Waals surface area contributed by atoms with Gasteiger partial charge in [-0.25, -0.2) is 4.79 Å². The highest BCUT2D eigenvalue weighted by Crippen LogP contribution is 2.21. The van der Waals surface area contributed by atoms with Crippen LogP contribution in [-0.4, -0.2) is 60.0 Å². The maximum atomic E-state index is 13.0. The maximum Gasteiger partial charge on any atom is 0.355 e. The van der Waals surface area contributed by atoms with E-state index in [4.69, 9.17) is 9.47 Å². The molecule has 0 spiro atoms. The fraction of sp³-hybridized carbons (Fsp3) is 0.650. The predicted molar refractivity (Wildman–Crippen MR) is 101 cm³/mol. The molecule has 0 bridgehead atoms. The molecule has 2 rings (SSSR count). The van der Waals surface area contributed by atoms with Crippen LogP contribution in [0.1, 0.15) is 65.7 Å². The second-order valence-corrected chi connectivity index (χ2v) is 7.28. The minimum absolute atomic E-state index is 0.0241. The van der Waals surface area contributed by atoms with Gasteiger partial charge in [0.15, 0.2) is 5.78 Å². The summed E-state index contributed by atoms with van der Waals surface area (Å²) in [4.78, 5) is 42.2. The highest BCUT2D eigenvalue weighted by atomic mass is 16.5. The third-order valence-electron chi connectivity index (χ3n) is 4.78. The first-order valence-electron chi connectivity index (χ1n) is 9.56. The molecule has 2 heterocycles. The summed E-state index contributed by atoms with van der Waals surface area (Å²) in [5, 5.41) is 0. The van der Waals surface area contributed by atoms with Crippen LogP contribution in [0.5, 0.6) is 0 Å². The van der Waals surface area contributed by atoms with Gasteiger partial charge in [-0.1, -0.05) is 13.8 Å². The molecule has 1 saturated heterocycles. The van der Waals surface area contributed by atoms with Crippen molar-refractivity contribution in [2.24, 2.45) is 5.92 Å². The molecule has 0 aromatic carbocycles. The van der Waals surface area contributed by atoms with Gasteiger partial charge in [0, 0.05) is 30.3 Å². The number of aryl methyl sites for hydroxylation is 1. The van der Waals surface area contributed by atoms with E-state index in [2.05, 4.69) is 4.98 Å². The van der Waals surface area contributed by atoms with Crippen molar-refractivity contribution in [1.82, 2.24) is 9.88 Å². The standard InChI is InChI=1S/C20H30N2O5/c1-6-26-20(25)18-13(4)17(14(5)21-18)16(23)11-22(19(24)12(2)3)10-15-8-7-9-27-15/h12,15,21H,6-11H2,1-5H3/t15-/m0/s1. The lowest BCUT2D eigenvalue weighted by Crippen LogP contribution is -2.42. The molecule has 27 heavy (non-hydrogen) atoms. The van der Waals surface area contributed by atoms with Crippen molar-refractivity contribution in [3.63, 3.8) is 0 Å². The van der Waals surface area contributed by atoms with Crippen LogP contribution in [0.15, 0.2) is 0 Å². The monoisotopic (exact) mass is 378 g/mol. The second-order valence-electron chi connectivity index (χ2n) is 7.28. The first-order chi connectivity index (χ1) is 12.8. The van der Waals surface area contributed by atoms with E-state index in [9.17, 15) is 14.4 Å². The number of nitrogens with one attached hydrogen (secondary N) is 1. The summed E-state index contributed by atoms with van der Waals surface area (Å²) >= 11 is 0. The average molecular weight is 378 g/mol. The van der Waals surface area contributed by atoms with E-state index in [1.807, 2.05) is 13.8 Å². The Morgan fingerprint density at radius 1 is 1.30 bits per heavy atom. The lowest BCUT2D eigenvalue weighted by atomic mass is 10.0. The Hall–Kier alpha value is -2.15. The Balaban J connectivity index is 2.21. The zero-order valence-corrected chi connectivity index (χ0v) is 16.9. The van der Waals surface area contributed by atoms with Crippen LogP contribution < -0.4 is 0 Å². The van der Waals surface area contributed by atoms with Crippen LogP contribution in [0.2, 0.25) is 0 Å². The summed E-state index contributed by atoms with van der Waals surface area (Å²) in [6.45, 7) is 10.2. The maximum absolute atomic E-state index is 13.0. The molecular weight excluding hydrogens is 348 g/mol. The summed E-state index contributed by atoms with van der Waals surface area (Å²) in [7, 11) is 0. The zero-order chi connectivity index (χ0) is 20.1. The van der Waals surface area contributed by atoms with Gasteiger partial charge in [0.05, 0.1) is 19.3 Å². The van der Waals surface area contributed by atoms with Crippen LogP contribution in [0.4, 0.5) is 0 Å². The highest BCUT2D eigenvalue weighted by Gasteiger charge is 2.29. The van der Waals surface area contributed by atoms with Crippen molar-refractivity contribution in [2.45, 2.75) is 53.6 Å². The van der Waals surface area contributed by atoms with Crippen LogP contribution in [0.3, 0.4) is 0 Å². The van der Waals surface area contributed by atoms with Crippen LogP contribution in [-0.2, 0) is 14.3 Å². The zero-order valence-electron chi connectivity index (χ0n) is 16.9. The number of aromatic nitrogens is 1. The number of amides is 1. The van der Waals surface area contributed by atoms with Crippen LogP contribution in [0, 0.1) is 19.8 Å². The van der Waals surface area contributed by atoms with Gasteiger partial charge in [-0.3, -0.25) is 9.59 Å². The summed E-state index contributed by atoms with van der Waals surface area (Å²) in [5.74, 6) is -0.951. The minimum atomic E-state index is -0.480. The molecule has 1 N–H and O–H groups in total. The molecule has 1 aromatic heterocycles. The fourth-order valence-electron chi connectivity index (χ4n) is 3.46. The van der Waals surface area contributed by atoms with Gasteiger partial charge in [0.2, 0.25) is 5.91 Å². The molecule has 7 heteroatoms. The summed E-state index contributed by atoms with van der Waals surface area (Å²) in [6, 6.07) is 0. The number of ether oxygens (including phenoxy) is 2. The van der Waals surface area contributed by atoms with Gasteiger partial charge in [0.25, 0.3) is 0 Å². The predicted octanol–water partition coefficient (Wildman–Crippen LogP) is 2.65. The first-order valence-corrected chi connectivity index (χ1v) is 9.56. The molecule has 150 valence electrons. The molecule has 1 aliphatic rings. The molecule has 0 unspecified atom stereocenters. The van der Waals surface area contributed by atoms with Crippen molar-refractivity contribution in [3.05, 3.63) is 22.5 Å². The molecule has 1 atom stereocenters. The lowest BCUT2D eigenvalue weighted by Gasteiger charge is -2.26. The van der Waals surface area contributed by atoms with E-state index in [0.717, 1.165) is 12.8 Å². The second kappa shape index (κ2) is 9.17. The Bertz CT molecular complexity index is 701.